The van der Waals surface area contributed by atoms with E-state index < -0.39 is 11.7 Å². The smallest absolute Gasteiger partial charge is 0.417 e. The summed E-state index contributed by atoms with van der Waals surface area (Å²) in [4.78, 5) is 23.9. The van der Waals surface area contributed by atoms with E-state index in [2.05, 4.69) is 6.58 Å². The van der Waals surface area contributed by atoms with Gasteiger partial charge in [-0.3, -0.25) is 4.79 Å². The van der Waals surface area contributed by atoms with Crippen LogP contribution in [-0.4, -0.2) is 29.0 Å². The standard InChI is InChI=1S/C10H15NO3/c1-7-5-6-11(8(7)12)9(13)14-10(2,3)4/h1,5-6H2,2-4H3. The molecule has 1 rings (SSSR count). The highest BCUT2D eigenvalue weighted by molar-refractivity contribution is 6.04. The molecular weight excluding hydrogens is 182 g/mol. The molecular formula is C10H15NO3. The highest BCUT2D eigenvalue weighted by Gasteiger charge is 2.32. The van der Waals surface area contributed by atoms with Crippen molar-refractivity contribution in [2.75, 3.05) is 6.54 Å². The van der Waals surface area contributed by atoms with E-state index in [9.17, 15) is 9.59 Å². The van der Waals surface area contributed by atoms with Crippen LogP contribution in [-0.2, 0) is 9.53 Å². The lowest BCUT2D eigenvalue weighted by Crippen LogP contribution is -2.37. The Morgan fingerprint density at radius 3 is 2.43 bits per heavy atom. The maximum absolute atomic E-state index is 11.5. The molecule has 0 radical (unpaired) electrons. The van der Waals surface area contributed by atoms with Crippen LogP contribution in [0.4, 0.5) is 4.79 Å². The van der Waals surface area contributed by atoms with E-state index in [1.54, 1.807) is 20.8 Å². The topological polar surface area (TPSA) is 46.6 Å². The Labute approximate surface area is 83.5 Å². The molecule has 4 heteroatoms. The normalized spacial score (nSPS) is 17.5. The van der Waals surface area contributed by atoms with E-state index in [1.165, 1.54) is 0 Å². The van der Waals surface area contributed by atoms with Crippen LogP contribution in [0.25, 0.3) is 0 Å². The van der Waals surface area contributed by atoms with Gasteiger partial charge in [0, 0.05) is 12.1 Å². The lowest BCUT2D eigenvalue weighted by molar-refractivity contribution is -0.124. The van der Waals surface area contributed by atoms with Crippen molar-refractivity contribution in [2.24, 2.45) is 0 Å². The molecule has 1 aliphatic heterocycles. The average molecular weight is 197 g/mol. The molecule has 0 N–H and O–H groups in total. The monoisotopic (exact) mass is 197 g/mol. The van der Waals surface area contributed by atoms with Gasteiger partial charge in [-0.05, 0) is 27.2 Å². The van der Waals surface area contributed by atoms with Crippen LogP contribution >= 0.6 is 0 Å². The Morgan fingerprint density at radius 2 is 2.07 bits per heavy atom. The molecule has 14 heavy (non-hydrogen) atoms. The predicted octanol–water partition coefficient (Wildman–Crippen LogP) is 1.71. The number of amides is 2. The molecule has 0 saturated carbocycles. The fraction of sp³-hybridized carbons (Fsp3) is 0.600. The number of carbonyl (C=O) groups is 2. The lowest BCUT2D eigenvalue weighted by atomic mass is 10.2. The first-order valence-electron chi connectivity index (χ1n) is 4.54. The third-order valence-electron chi connectivity index (χ3n) is 1.80. The van der Waals surface area contributed by atoms with Crippen LogP contribution in [0.3, 0.4) is 0 Å². The van der Waals surface area contributed by atoms with Gasteiger partial charge in [0.05, 0.1) is 0 Å². The van der Waals surface area contributed by atoms with Crippen LogP contribution in [0.2, 0.25) is 0 Å². The third-order valence-corrected chi connectivity index (χ3v) is 1.80. The van der Waals surface area contributed by atoms with Gasteiger partial charge in [0.2, 0.25) is 0 Å². The minimum Gasteiger partial charge on any atom is -0.443 e. The highest BCUT2D eigenvalue weighted by atomic mass is 16.6. The van der Waals surface area contributed by atoms with Crippen molar-refractivity contribution in [2.45, 2.75) is 32.8 Å². The van der Waals surface area contributed by atoms with Crippen molar-refractivity contribution in [3.63, 3.8) is 0 Å². The molecule has 78 valence electrons. The number of hydrogen-bond donors (Lipinski definition) is 0. The largest absolute Gasteiger partial charge is 0.443 e. The highest BCUT2D eigenvalue weighted by Crippen LogP contribution is 2.18. The first kappa shape index (κ1) is 10.8. The van der Waals surface area contributed by atoms with Gasteiger partial charge in [0.1, 0.15) is 5.60 Å². The average Bonchev–Trinajstić information content (AvgIpc) is 2.29. The Morgan fingerprint density at radius 1 is 1.50 bits per heavy atom. The summed E-state index contributed by atoms with van der Waals surface area (Å²) in [6, 6.07) is 0. The molecule has 1 saturated heterocycles. The first-order valence-corrected chi connectivity index (χ1v) is 4.54. The number of ether oxygens (including phenoxy) is 1. The zero-order chi connectivity index (χ0) is 10.9. The summed E-state index contributed by atoms with van der Waals surface area (Å²) in [7, 11) is 0. The molecule has 1 fully saturated rings. The van der Waals surface area contributed by atoms with Crippen molar-refractivity contribution < 1.29 is 14.3 Å². The molecule has 0 unspecified atom stereocenters. The van der Waals surface area contributed by atoms with Gasteiger partial charge >= 0.3 is 6.09 Å². The molecule has 0 spiro atoms. The van der Waals surface area contributed by atoms with Crippen LogP contribution in [0, 0.1) is 0 Å². The van der Waals surface area contributed by atoms with E-state index in [0.717, 1.165) is 4.90 Å². The van der Waals surface area contributed by atoms with Crippen molar-refractivity contribution in [1.82, 2.24) is 4.90 Å². The van der Waals surface area contributed by atoms with Gasteiger partial charge < -0.3 is 4.74 Å². The number of hydrogen-bond acceptors (Lipinski definition) is 3. The second-order valence-corrected chi connectivity index (χ2v) is 4.29. The predicted molar refractivity (Wildman–Crippen MR) is 51.7 cm³/mol. The van der Waals surface area contributed by atoms with Gasteiger partial charge in [-0.25, -0.2) is 9.69 Å². The number of rotatable bonds is 0. The van der Waals surface area contributed by atoms with E-state index in [4.69, 9.17) is 4.74 Å². The summed E-state index contributed by atoms with van der Waals surface area (Å²) in [5, 5.41) is 0. The summed E-state index contributed by atoms with van der Waals surface area (Å²) in [5.74, 6) is -0.320. The quantitative estimate of drug-likeness (QED) is 0.555. The number of imide groups is 1. The number of carbonyl (C=O) groups excluding carboxylic acids is 2. The van der Waals surface area contributed by atoms with E-state index in [1.807, 2.05) is 0 Å². The molecule has 0 aromatic rings. The van der Waals surface area contributed by atoms with Crippen LogP contribution in [0.5, 0.6) is 0 Å². The second-order valence-electron chi connectivity index (χ2n) is 4.29. The summed E-state index contributed by atoms with van der Waals surface area (Å²) in [6.45, 7) is 9.24. The zero-order valence-corrected chi connectivity index (χ0v) is 8.79. The molecule has 0 atom stereocenters. The van der Waals surface area contributed by atoms with Gasteiger partial charge in [-0.1, -0.05) is 6.58 Å². The SMILES string of the molecule is C=C1CCN(C(=O)OC(C)(C)C)C1=O. The molecule has 0 aromatic heterocycles. The van der Waals surface area contributed by atoms with Gasteiger partial charge in [-0.2, -0.15) is 0 Å². The van der Waals surface area contributed by atoms with Crippen molar-refractivity contribution >= 4 is 12.0 Å². The number of nitrogens with zero attached hydrogens (tertiary/aromatic N) is 1. The van der Waals surface area contributed by atoms with E-state index >= 15 is 0 Å². The molecule has 2 amide bonds. The van der Waals surface area contributed by atoms with Gasteiger partial charge in [-0.15, -0.1) is 0 Å². The maximum atomic E-state index is 11.5. The molecule has 0 aliphatic carbocycles. The minimum atomic E-state index is -0.582. The van der Waals surface area contributed by atoms with E-state index in [0.29, 0.717) is 18.5 Å². The Balaban J connectivity index is 2.63. The fourth-order valence-electron chi connectivity index (χ4n) is 1.14. The first-order chi connectivity index (χ1) is 6.31. The van der Waals surface area contributed by atoms with Crippen LogP contribution < -0.4 is 0 Å². The molecule has 4 nitrogen and oxygen atoms in total. The van der Waals surface area contributed by atoms with E-state index in [-0.39, 0.29) is 5.91 Å². The van der Waals surface area contributed by atoms with Crippen LogP contribution in [0.15, 0.2) is 12.2 Å². The van der Waals surface area contributed by atoms with Crippen molar-refractivity contribution in [3.05, 3.63) is 12.2 Å². The summed E-state index contributed by atoms with van der Waals surface area (Å²) < 4.78 is 5.07. The maximum Gasteiger partial charge on any atom is 0.417 e. The summed E-state index contributed by atoms with van der Waals surface area (Å²) in [6.07, 6.45) is -0.0425. The Kier molecular flexibility index (Phi) is 2.64. The molecule has 0 bridgehead atoms. The molecule has 1 aliphatic rings. The lowest BCUT2D eigenvalue weighted by Gasteiger charge is -2.22. The fourth-order valence-corrected chi connectivity index (χ4v) is 1.14. The summed E-state index contributed by atoms with van der Waals surface area (Å²) in [5.41, 5.74) is -0.0998. The minimum absolute atomic E-state index is 0.320. The number of likely N-dealkylation sites (tertiary alicyclic amines) is 1. The molecule has 1 heterocycles. The Hall–Kier alpha value is -1.32. The van der Waals surface area contributed by atoms with Crippen molar-refractivity contribution in [3.8, 4) is 0 Å². The Bertz CT molecular complexity index is 288. The van der Waals surface area contributed by atoms with Crippen molar-refractivity contribution in [1.29, 1.82) is 0 Å². The van der Waals surface area contributed by atoms with Gasteiger partial charge in [0.15, 0.2) is 0 Å². The third kappa shape index (κ3) is 2.34. The second kappa shape index (κ2) is 3.44. The van der Waals surface area contributed by atoms with Gasteiger partial charge in [0.25, 0.3) is 5.91 Å². The zero-order valence-electron chi connectivity index (χ0n) is 8.79. The van der Waals surface area contributed by atoms with Crippen LogP contribution in [0.1, 0.15) is 27.2 Å². The summed E-state index contributed by atoms with van der Waals surface area (Å²) >= 11 is 0. The molecule has 0 aromatic carbocycles.